The second kappa shape index (κ2) is 4.78. The van der Waals surface area contributed by atoms with Crippen LogP contribution in [0.3, 0.4) is 0 Å². The first-order valence-corrected chi connectivity index (χ1v) is 6.78. The lowest BCUT2D eigenvalue weighted by molar-refractivity contribution is 0.0955. The third-order valence-electron chi connectivity index (χ3n) is 3.79. The quantitative estimate of drug-likeness (QED) is 0.857. The van der Waals surface area contributed by atoms with Crippen molar-refractivity contribution in [3.63, 3.8) is 0 Å². The third-order valence-corrected chi connectivity index (χ3v) is 3.79. The lowest BCUT2D eigenvalue weighted by Crippen LogP contribution is -2.26. The summed E-state index contributed by atoms with van der Waals surface area (Å²) in [5.74, 6) is 1.23. The summed E-state index contributed by atoms with van der Waals surface area (Å²) in [6.45, 7) is 6.14. The van der Waals surface area contributed by atoms with Crippen LogP contribution in [0.5, 0.6) is 0 Å². The van der Waals surface area contributed by atoms with Crippen LogP contribution in [-0.4, -0.2) is 28.8 Å². The van der Waals surface area contributed by atoms with Gasteiger partial charge in [-0.3, -0.25) is 0 Å². The fourth-order valence-electron chi connectivity index (χ4n) is 2.90. The van der Waals surface area contributed by atoms with Gasteiger partial charge in [0, 0.05) is 38.2 Å². The Morgan fingerprint density at radius 2 is 2.47 bits per heavy atom. The Kier molecular flexibility index (Phi) is 3.16. The fraction of sp³-hybridized carbons (Fsp3) is 0.769. The van der Waals surface area contributed by atoms with Gasteiger partial charge in [0.15, 0.2) is 0 Å². The number of ether oxygens (including phenoxy) is 1. The summed E-state index contributed by atoms with van der Waals surface area (Å²) >= 11 is 0. The van der Waals surface area contributed by atoms with Crippen molar-refractivity contribution in [1.29, 1.82) is 0 Å². The van der Waals surface area contributed by atoms with Gasteiger partial charge in [0.1, 0.15) is 5.82 Å². The number of hydrogen-bond acceptors (Lipinski definition) is 3. The summed E-state index contributed by atoms with van der Waals surface area (Å²) < 4.78 is 8.18. The van der Waals surface area contributed by atoms with E-state index >= 15 is 0 Å². The van der Waals surface area contributed by atoms with Gasteiger partial charge in [-0.05, 0) is 12.8 Å². The van der Waals surface area contributed by atoms with Crippen molar-refractivity contribution in [2.75, 3.05) is 13.2 Å². The molecule has 17 heavy (non-hydrogen) atoms. The molecule has 0 saturated carbocycles. The van der Waals surface area contributed by atoms with E-state index in [1.165, 1.54) is 30.1 Å². The molecule has 0 radical (unpaired) electrons. The van der Waals surface area contributed by atoms with Gasteiger partial charge in [-0.25, -0.2) is 4.98 Å². The average molecular weight is 235 g/mol. The molecule has 94 valence electrons. The van der Waals surface area contributed by atoms with Crippen molar-refractivity contribution in [3.8, 4) is 0 Å². The van der Waals surface area contributed by atoms with Crippen molar-refractivity contribution < 1.29 is 4.74 Å². The molecule has 4 nitrogen and oxygen atoms in total. The molecular formula is C13H21N3O. The molecule has 0 bridgehead atoms. The monoisotopic (exact) mass is 235 g/mol. The number of nitrogens with zero attached hydrogens (tertiary/aromatic N) is 2. The number of rotatable bonds is 3. The molecule has 2 aliphatic heterocycles. The number of fused-ring (bicyclic) bond motifs is 1. The smallest absolute Gasteiger partial charge is 0.109 e. The van der Waals surface area contributed by atoms with Gasteiger partial charge in [0.25, 0.3) is 0 Å². The second-order valence-electron chi connectivity index (χ2n) is 4.95. The zero-order valence-corrected chi connectivity index (χ0v) is 10.5. The van der Waals surface area contributed by atoms with E-state index in [4.69, 9.17) is 9.72 Å². The Hall–Kier alpha value is -0.870. The van der Waals surface area contributed by atoms with Crippen LogP contribution < -0.4 is 5.32 Å². The number of aryl methyl sites for hydroxylation is 1. The highest BCUT2D eigenvalue weighted by atomic mass is 16.5. The molecule has 4 heteroatoms. The molecule has 1 aromatic rings. The molecule has 1 fully saturated rings. The lowest BCUT2D eigenvalue weighted by atomic mass is 10.1. The Morgan fingerprint density at radius 1 is 1.53 bits per heavy atom. The molecule has 0 aromatic carbocycles. The summed E-state index contributed by atoms with van der Waals surface area (Å²) in [4.78, 5) is 4.76. The molecule has 0 spiro atoms. The summed E-state index contributed by atoms with van der Waals surface area (Å²) in [5, 5.41) is 3.39. The van der Waals surface area contributed by atoms with Gasteiger partial charge in [-0.2, -0.15) is 0 Å². The van der Waals surface area contributed by atoms with Gasteiger partial charge < -0.3 is 14.6 Å². The highest BCUT2D eigenvalue weighted by Gasteiger charge is 2.23. The van der Waals surface area contributed by atoms with Crippen molar-refractivity contribution in [3.05, 3.63) is 17.2 Å². The SMILES string of the molecule is CCc1nc2c(n1CC1CCCO1)CCNC2. The van der Waals surface area contributed by atoms with Crippen LogP contribution in [-0.2, 0) is 30.7 Å². The fourth-order valence-corrected chi connectivity index (χ4v) is 2.90. The molecule has 1 unspecified atom stereocenters. The first-order chi connectivity index (χ1) is 8.38. The van der Waals surface area contributed by atoms with Gasteiger partial charge in [0.2, 0.25) is 0 Å². The van der Waals surface area contributed by atoms with E-state index < -0.39 is 0 Å². The van der Waals surface area contributed by atoms with E-state index in [1.807, 2.05) is 0 Å². The predicted octanol–water partition coefficient (Wildman–Crippen LogP) is 1.27. The number of imidazole rings is 1. The Morgan fingerprint density at radius 3 is 3.24 bits per heavy atom. The zero-order chi connectivity index (χ0) is 11.7. The Balaban J connectivity index is 1.87. The summed E-state index contributed by atoms with van der Waals surface area (Å²) in [7, 11) is 0. The maximum Gasteiger partial charge on any atom is 0.109 e. The molecule has 1 aromatic heterocycles. The standard InChI is InChI=1S/C13H21N3O/c1-2-13-15-11-8-14-6-5-12(11)16(13)9-10-4-3-7-17-10/h10,14H,2-9H2,1H3. The third kappa shape index (κ3) is 2.11. The highest BCUT2D eigenvalue weighted by Crippen LogP contribution is 2.21. The molecular weight excluding hydrogens is 214 g/mol. The highest BCUT2D eigenvalue weighted by molar-refractivity contribution is 5.20. The van der Waals surface area contributed by atoms with Crippen LogP contribution in [0.1, 0.15) is 37.0 Å². The summed E-state index contributed by atoms with van der Waals surface area (Å²) in [6, 6.07) is 0. The van der Waals surface area contributed by atoms with Crippen molar-refractivity contribution >= 4 is 0 Å². The topological polar surface area (TPSA) is 39.1 Å². The van der Waals surface area contributed by atoms with Crippen LogP contribution >= 0.6 is 0 Å². The molecule has 2 aliphatic rings. The van der Waals surface area contributed by atoms with Crippen molar-refractivity contribution in [2.45, 2.75) is 51.8 Å². The Bertz CT molecular complexity index is 394. The molecule has 1 N–H and O–H groups in total. The zero-order valence-electron chi connectivity index (χ0n) is 10.5. The molecule has 1 atom stereocenters. The number of hydrogen-bond donors (Lipinski definition) is 1. The van der Waals surface area contributed by atoms with Gasteiger partial charge in [0.05, 0.1) is 18.3 Å². The summed E-state index contributed by atoms with van der Waals surface area (Å²) in [5.41, 5.74) is 2.70. The minimum Gasteiger partial charge on any atom is -0.376 e. The maximum absolute atomic E-state index is 5.75. The molecule has 3 rings (SSSR count). The van der Waals surface area contributed by atoms with Crippen molar-refractivity contribution in [1.82, 2.24) is 14.9 Å². The molecule has 0 aliphatic carbocycles. The van der Waals surface area contributed by atoms with Crippen LogP contribution in [0.2, 0.25) is 0 Å². The molecule has 1 saturated heterocycles. The minimum atomic E-state index is 0.411. The first kappa shape index (κ1) is 11.2. The predicted molar refractivity (Wildman–Crippen MR) is 66.0 cm³/mol. The van der Waals surface area contributed by atoms with Crippen LogP contribution in [0.25, 0.3) is 0 Å². The van der Waals surface area contributed by atoms with E-state index in [9.17, 15) is 0 Å². The van der Waals surface area contributed by atoms with Crippen LogP contribution in [0.15, 0.2) is 0 Å². The number of nitrogens with one attached hydrogen (secondary N) is 1. The van der Waals surface area contributed by atoms with E-state index in [-0.39, 0.29) is 0 Å². The summed E-state index contributed by atoms with van der Waals surface area (Å²) in [6.07, 6.45) is 4.95. The van der Waals surface area contributed by atoms with E-state index in [0.29, 0.717) is 6.10 Å². The van der Waals surface area contributed by atoms with Gasteiger partial charge >= 0.3 is 0 Å². The van der Waals surface area contributed by atoms with E-state index in [0.717, 1.165) is 39.1 Å². The number of aromatic nitrogens is 2. The largest absolute Gasteiger partial charge is 0.376 e. The van der Waals surface area contributed by atoms with Gasteiger partial charge in [-0.1, -0.05) is 6.92 Å². The molecule has 3 heterocycles. The molecule has 0 amide bonds. The van der Waals surface area contributed by atoms with E-state index in [2.05, 4.69) is 16.8 Å². The minimum absolute atomic E-state index is 0.411. The van der Waals surface area contributed by atoms with Crippen LogP contribution in [0, 0.1) is 0 Å². The normalized spacial score (nSPS) is 23.9. The second-order valence-corrected chi connectivity index (χ2v) is 4.95. The maximum atomic E-state index is 5.75. The van der Waals surface area contributed by atoms with Gasteiger partial charge in [-0.15, -0.1) is 0 Å². The first-order valence-electron chi connectivity index (χ1n) is 6.78. The lowest BCUT2D eigenvalue weighted by Gasteiger charge is -2.18. The Labute approximate surface area is 102 Å². The van der Waals surface area contributed by atoms with E-state index in [1.54, 1.807) is 0 Å². The van der Waals surface area contributed by atoms with Crippen molar-refractivity contribution in [2.24, 2.45) is 0 Å². The van der Waals surface area contributed by atoms with Crippen LogP contribution in [0.4, 0.5) is 0 Å². The average Bonchev–Trinajstić information content (AvgIpc) is 2.98.